The third-order valence-electron chi connectivity index (χ3n) is 2.07. The van der Waals surface area contributed by atoms with E-state index in [1.165, 1.54) is 11.1 Å². The molecule has 0 unspecified atom stereocenters. The van der Waals surface area contributed by atoms with E-state index in [4.69, 9.17) is 0 Å². The van der Waals surface area contributed by atoms with Crippen molar-refractivity contribution in [1.29, 1.82) is 0 Å². The lowest BCUT2D eigenvalue weighted by atomic mass is 10.1. The molecule has 0 bridgehead atoms. The van der Waals surface area contributed by atoms with Gasteiger partial charge >= 0.3 is 0 Å². The van der Waals surface area contributed by atoms with E-state index in [0.29, 0.717) is 0 Å². The van der Waals surface area contributed by atoms with Crippen molar-refractivity contribution in [3.63, 3.8) is 0 Å². The molecule has 0 aliphatic carbocycles. The minimum Gasteiger partial charge on any atom is -0.412 e. The summed E-state index contributed by atoms with van der Waals surface area (Å²) in [5, 5.41) is 0. The molecule has 2 N–H and O–H groups in total. The van der Waals surface area contributed by atoms with Crippen LogP contribution in [0, 0.1) is 0 Å². The molecule has 2 aromatic rings. The Hall–Kier alpha value is -1.86. The first-order valence-electron chi connectivity index (χ1n) is 4.73. The van der Waals surface area contributed by atoms with Crippen molar-refractivity contribution in [1.82, 2.24) is 0 Å². The van der Waals surface area contributed by atoms with Crippen LogP contribution >= 0.6 is 0 Å². The van der Waals surface area contributed by atoms with Crippen molar-refractivity contribution in [2.24, 2.45) is 0 Å². The van der Waals surface area contributed by atoms with Gasteiger partial charge in [-0.05, 0) is 11.1 Å². The Morgan fingerprint density at radius 2 is 0.867 bits per heavy atom. The van der Waals surface area contributed by atoms with Crippen LogP contribution in [0.3, 0.4) is 0 Å². The van der Waals surface area contributed by atoms with Crippen molar-refractivity contribution in [2.45, 2.75) is 0 Å². The van der Waals surface area contributed by atoms with E-state index in [1.54, 1.807) is 0 Å². The maximum absolute atomic E-state index is 2.12. The predicted molar refractivity (Wildman–Crippen MR) is 65.4 cm³/mol. The van der Waals surface area contributed by atoms with Crippen LogP contribution in [0.2, 0.25) is 0 Å². The Bertz CT molecular complexity index is 362. The highest BCUT2D eigenvalue weighted by molar-refractivity contribution is 5.69. The molecule has 0 amide bonds. The van der Waals surface area contributed by atoms with Crippen LogP contribution in [-0.4, -0.2) is 5.48 Å². The number of benzene rings is 2. The van der Waals surface area contributed by atoms with Gasteiger partial charge in [0, 0.05) is 0 Å². The molecular weight excluding hydrogens is 184 g/mol. The standard InChI is InChI=1S/C14H12.H2O/c1-3-7-13(8-4-1)11-12-14-9-5-2-6-10-14;/h1-12H;1H2. The van der Waals surface area contributed by atoms with Gasteiger partial charge in [0.25, 0.3) is 0 Å². The van der Waals surface area contributed by atoms with Crippen LogP contribution in [0.1, 0.15) is 11.1 Å². The largest absolute Gasteiger partial charge is 0.412 e. The zero-order valence-electron chi connectivity index (χ0n) is 8.43. The smallest absolute Gasteiger partial charge is 0.0256 e. The van der Waals surface area contributed by atoms with Crippen LogP contribution in [0.4, 0.5) is 0 Å². The molecular formula is C14H14O. The lowest BCUT2D eigenvalue weighted by Gasteiger charge is -1.92. The van der Waals surface area contributed by atoms with Crippen LogP contribution in [0.25, 0.3) is 12.2 Å². The highest BCUT2D eigenvalue weighted by Crippen LogP contribution is 2.06. The lowest BCUT2D eigenvalue weighted by molar-refractivity contribution is 0.824. The Kier molecular flexibility index (Phi) is 4.32. The van der Waals surface area contributed by atoms with Gasteiger partial charge in [-0.3, -0.25) is 0 Å². The molecule has 2 rings (SSSR count). The first-order valence-corrected chi connectivity index (χ1v) is 4.73. The predicted octanol–water partition coefficient (Wildman–Crippen LogP) is 3.03. The van der Waals surface area contributed by atoms with Gasteiger partial charge < -0.3 is 5.48 Å². The number of rotatable bonds is 2. The Labute approximate surface area is 90.0 Å². The summed E-state index contributed by atoms with van der Waals surface area (Å²) in [6, 6.07) is 20.6. The van der Waals surface area contributed by atoms with Gasteiger partial charge in [-0.2, -0.15) is 0 Å². The van der Waals surface area contributed by atoms with Gasteiger partial charge in [-0.25, -0.2) is 0 Å². The Morgan fingerprint density at radius 1 is 0.533 bits per heavy atom. The van der Waals surface area contributed by atoms with E-state index in [-0.39, 0.29) is 5.48 Å². The fourth-order valence-corrected chi connectivity index (χ4v) is 1.32. The minimum atomic E-state index is 0. The van der Waals surface area contributed by atoms with Gasteiger partial charge in [0.1, 0.15) is 0 Å². The van der Waals surface area contributed by atoms with E-state index in [2.05, 4.69) is 36.4 Å². The van der Waals surface area contributed by atoms with Crippen LogP contribution in [-0.2, 0) is 0 Å². The van der Waals surface area contributed by atoms with E-state index >= 15 is 0 Å². The topological polar surface area (TPSA) is 31.5 Å². The molecule has 0 saturated carbocycles. The molecule has 0 heterocycles. The zero-order chi connectivity index (χ0) is 9.64. The molecule has 2 aromatic carbocycles. The molecule has 0 aliphatic rings. The van der Waals surface area contributed by atoms with E-state index in [9.17, 15) is 0 Å². The van der Waals surface area contributed by atoms with E-state index < -0.39 is 0 Å². The van der Waals surface area contributed by atoms with Gasteiger partial charge in [0.05, 0.1) is 0 Å². The average molecular weight is 198 g/mol. The number of hydrogen-bond donors (Lipinski definition) is 0. The van der Waals surface area contributed by atoms with E-state index in [1.807, 2.05) is 36.4 Å². The first kappa shape index (κ1) is 11.2. The summed E-state index contributed by atoms with van der Waals surface area (Å²) in [5.74, 6) is 0. The van der Waals surface area contributed by atoms with Gasteiger partial charge in [-0.15, -0.1) is 0 Å². The molecule has 76 valence electrons. The quantitative estimate of drug-likeness (QED) is 0.664. The summed E-state index contributed by atoms with van der Waals surface area (Å²) in [6.45, 7) is 0. The Morgan fingerprint density at radius 3 is 1.20 bits per heavy atom. The number of hydrogen-bond acceptors (Lipinski definition) is 0. The summed E-state index contributed by atoms with van der Waals surface area (Å²) >= 11 is 0. The van der Waals surface area contributed by atoms with Gasteiger partial charge in [0.2, 0.25) is 0 Å². The molecule has 0 radical (unpaired) electrons. The fourth-order valence-electron chi connectivity index (χ4n) is 1.32. The first-order chi connectivity index (χ1) is 6.95. The summed E-state index contributed by atoms with van der Waals surface area (Å²) in [5.41, 5.74) is 2.47. The lowest BCUT2D eigenvalue weighted by Crippen LogP contribution is -1.70. The second-order valence-corrected chi connectivity index (χ2v) is 3.15. The van der Waals surface area contributed by atoms with Crippen molar-refractivity contribution < 1.29 is 5.48 Å². The van der Waals surface area contributed by atoms with Crippen LogP contribution in [0.5, 0.6) is 0 Å². The monoisotopic (exact) mass is 198 g/mol. The summed E-state index contributed by atoms with van der Waals surface area (Å²) in [6.07, 6.45) is 4.24. The average Bonchev–Trinajstić information content (AvgIpc) is 2.29. The molecule has 0 atom stereocenters. The van der Waals surface area contributed by atoms with Crippen molar-refractivity contribution in [3.05, 3.63) is 71.8 Å². The zero-order valence-corrected chi connectivity index (χ0v) is 8.43. The van der Waals surface area contributed by atoms with Crippen molar-refractivity contribution >= 4 is 12.2 Å². The van der Waals surface area contributed by atoms with Crippen LogP contribution in [0.15, 0.2) is 60.7 Å². The second kappa shape index (κ2) is 5.78. The Balaban J connectivity index is 0.00000112. The molecule has 1 heteroatoms. The minimum absolute atomic E-state index is 0. The van der Waals surface area contributed by atoms with Crippen LogP contribution < -0.4 is 0 Å². The SMILES string of the molecule is C(=Cc1ccccc1)c1ccccc1.O. The molecule has 0 fully saturated rings. The molecule has 0 spiro atoms. The highest BCUT2D eigenvalue weighted by atomic mass is 16.0. The summed E-state index contributed by atoms with van der Waals surface area (Å²) in [7, 11) is 0. The maximum Gasteiger partial charge on any atom is -0.0256 e. The maximum atomic E-state index is 2.12. The molecule has 0 saturated heterocycles. The molecule has 0 aliphatic heterocycles. The molecule has 15 heavy (non-hydrogen) atoms. The van der Waals surface area contributed by atoms with Gasteiger partial charge in [0.15, 0.2) is 0 Å². The third-order valence-corrected chi connectivity index (χ3v) is 2.07. The summed E-state index contributed by atoms with van der Waals surface area (Å²) < 4.78 is 0. The summed E-state index contributed by atoms with van der Waals surface area (Å²) in [4.78, 5) is 0. The molecule has 1 nitrogen and oxygen atoms in total. The third kappa shape index (κ3) is 3.41. The molecule has 0 aromatic heterocycles. The highest BCUT2D eigenvalue weighted by Gasteiger charge is 1.84. The van der Waals surface area contributed by atoms with Crippen molar-refractivity contribution in [2.75, 3.05) is 0 Å². The van der Waals surface area contributed by atoms with E-state index in [0.717, 1.165) is 0 Å². The normalized spacial score (nSPS) is 9.87. The van der Waals surface area contributed by atoms with Gasteiger partial charge in [-0.1, -0.05) is 72.8 Å². The second-order valence-electron chi connectivity index (χ2n) is 3.15. The fraction of sp³-hybridized carbons (Fsp3) is 0. The van der Waals surface area contributed by atoms with Crippen molar-refractivity contribution in [3.8, 4) is 0 Å².